The lowest BCUT2D eigenvalue weighted by Crippen LogP contribution is -2.46. The Hall–Kier alpha value is -1.65. The van der Waals surface area contributed by atoms with E-state index >= 15 is 0 Å². The molecule has 2 N–H and O–H groups in total. The lowest BCUT2D eigenvalue weighted by Gasteiger charge is -2.34. The van der Waals surface area contributed by atoms with E-state index in [4.69, 9.17) is 0 Å². The van der Waals surface area contributed by atoms with Crippen molar-refractivity contribution >= 4 is 29.9 Å². The van der Waals surface area contributed by atoms with Crippen molar-refractivity contribution in [2.24, 2.45) is 4.99 Å². The van der Waals surface area contributed by atoms with Crippen molar-refractivity contribution in [3.05, 3.63) is 53.9 Å². The first-order valence-corrected chi connectivity index (χ1v) is 11.2. The molecule has 31 heavy (non-hydrogen) atoms. The van der Waals surface area contributed by atoms with Gasteiger partial charge in [-0.05, 0) is 43.1 Å². The number of benzene rings is 1. The maximum absolute atomic E-state index is 4.37. The standard InChI is InChI=1S/C23H37N7.HI/c1-3-28-15-17-29(18-16-28)13-7-6-11-25-23(24-2)26-19-21-9-4-5-10-22(21)20-30-14-8-12-27-30;/h4-5,8-10,12,14H,3,6-7,11,13,15-20H2,1-2H3,(H2,24,25,26);1H. The van der Waals surface area contributed by atoms with Crippen LogP contribution in [0.3, 0.4) is 0 Å². The van der Waals surface area contributed by atoms with Gasteiger partial charge in [-0.2, -0.15) is 5.10 Å². The fraction of sp³-hybridized carbons (Fsp3) is 0.565. The van der Waals surface area contributed by atoms with Gasteiger partial charge >= 0.3 is 0 Å². The molecule has 0 saturated carbocycles. The number of aliphatic imine (C=N–C) groups is 1. The second-order valence-corrected chi connectivity index (χ2v) is 7.81. The summed E-state index contributed by atoms with van der Waals surface area (Å²) in [4.78, 5) is 9.50. The summed E-state index contributed by atoms with van der Waals surface area (Å²) >= 11 is 0. The van der Waals surface area contributed by atoms with Crippen molar-refractivity contribution in [3.63, 3.8) is 0 Å². The zero-order valence-electron chi connectivity index (χ0n) is 19.0. The smallest absolute Gasteiger partial charge is 0.191 e. The number of likely N-dealkylation sites (N-methyl/N-ethyl adjacent to an activating group) is 1. The minimum absolute atomic E-state index is 0. The van der Waals surface area contributed by atoms with E-state index in [9.17, 15) is 0 Å². The summed E-state index contributed by atoms with van der Waals surface area (Å²) in [5.74, 6) is 0.862. The molecule has 1 aromatic carbocycles. The van der Waals surface area contributed by atoms with Crippen LogP contribution in [0.2, 0.25) is 0 Å². The number of rotatable bonds is 10. The number of unbranched alkanes of at least 4 members (excludes halogenated alkanes) is 1. The van der Waals surface area contributed by atoms with E-state index in [2.05, 4.69) is 61.7 Å². The Labute approximate surface area is 204 Å². The summed E-state index contributed by atoms with van der Waals surface area (Å²) in [6.07, 6.45) is 6.19. The highest BCUT2D eigenvalue weighted by Crippen LogP contribution is 2.10. The van der Waals surface area contributed by atoms with Gasteiger partial charge in [0.1, 0.15) is 0 Å². The van der Waals surface area contributed by atoms with E-state index in [1.165, 1.54) is 56.8 Å². The summed E-state index contributed by atoms with van der Waals surface area (Å²) in [7, 11) is 1.83. The average molecular weight is 540 g/mol. The van der Waals surface area contributed by atoms with Crippen molar-refractivity contribution in [2.75, 3.05) is 52.9 Å². The number of hydrogen-bond donors (Lipinski definition) is 2. The Balaban J connectivity index is 0.00000341. The van der Waals surface area contributed by atoms with Crippen LogP contribution in [-0.2, 0) is 13.1 Å². The molecule has 2 heterocycles. The van der Waals surface area contributed by atoms with Crippen LogP contribution in [-0.4, -0.2) is 78.4 Å². The van der Waals surface area contributed by atoms with Crippen LogP contribution in [0.4, 0.5) is 0 Å². The lowest BCUT2D eigenvalue weighted by molar-refractivity contribution is 0.136. The second-order valence-electron chi connectivity index (χ2n) is 7.81. The maximum atomic E-state index is 4.37. The van der Waals surface area contributed by atoms with Crippen LogP contribution in [0, 0.1) is 0 Å². The summed E-state index contributed by atoms with van der Waals surface area (Å²) in [5.41, 5.74) is 2.54. The Kier molecular flexibility index (Phi) is 11.9. The number of piperazine rings is 1. The van der Waals surface area contributed by atoms with Gasteiger partial charge < -0.3 is 20.4 Å². The summed E-state index contributed by atoms with van der Waals surface area (Å²) in [6.45, 7) is 12.0. The molecule has 0 amide bonds. The number of aromatic nitrogens is 2. The van der Waals surface area contributed by atoms with Gasteiger partial charge in [0.15, 0.2) is 5.96 Å². The Morgan fingerprint density at radius 2 is 1.74 bits per heavy atom. The first-order valence-electron chi connectivity index (χ1n) is 11.2. The molecule has 1 fully saturated rings. The maximum Gasteiger partial charge on any atom is 0.191 e. The highest BCUT2D eigenvalue weighted by atomic mass is 127. The van der Waals surface area contributed by atoms with Crippen LogP contribution in [0.15, 0.2) is 47.7 Å². The number of guanidine groups is 1. The monoisotopic (exact) mass is 539 g/mol. The number of nitrogens with zero attached hydrogens (tertiary/aromatic N) is 5. The molecule has 1 saturated heterocycles. The van der Waals surface area contributed by atoms with Gasteiger partial charge in [0.25, 0.3) is 0 Å². The van der Waals surface area contributed by atoms with Crippen molar-refractivity contribution in [2.45, 2.75) is 32.9 Å². The van der Waals surface area contributed by atoms with E-state index in [1.807, 2.05) is 30.2 Å². The SMILES string of the molecule is CCN1CCN(CCCCNC(=NC)NCc2ccccc2Cn2cccn2)CC1.I. The molecule has 8 heteroatoms. The molecule has 172 valence electrons. The number of nitrogens with one attached hydrogen (secondary N) is 2. The molecule has 0 bridgehead atoms. The lowest BCUT2D eigenvalue weighted by atomic mass is 10.1. The van der Waals surface area contributed by atoms with Gasteiger partial charge in [-0.1, -0.05) is 31.2 Å². The predicted molar refractivity (Wildman–Crippen MR) is 139 cm³/mol. The molecular weight excluding hydrogens is 501 g/mol. The quantitative estimate of drug-likeness (QED) is 0.211. The minimum atomic E-state index is 0. The molecule has 0 atom stereocenters. The minimum Gasteiger partial charge on any atom is -0.356 e. The van der Waals surface area contributed by atoms with Crippen molar-refractivity contribution < 1.29 is 0 Å². The Bertz CT molecular complexity index is 755. The predicted octanol–water partition coefficient (Wildman–Crippen LogP) is 2.63. The van der Waals surface area contributed by atoms with Crippen LogP contribution < -0.4 is 10.6 Å². The van der Waals surface area contributed by atoms with Crippen molar-refractivity contribution in [1.82, 2.24) is 30.2 Å². The average Bonchev–Trinajstić information content (AvgIpc) is 3.30. The molecule has 1 aromatic heterocycles. The van der Waals surface area contributed by atoms with Gasteiger partial charge in [0.2, 0.25) is 0 Å². The number of hydrogen-bond acceptors (Lipinski definition) is 4. The highest BCUT2D eigenvalue weighted by molar-refractivity contribution is 14.0. The first kappa shape index (κ1) is 25.6. The van der Waals surface area contributed by atoms with Crippen molar-refractivity contribution in [1.29, 1.82) is 0 Å². The van der Waals surface area contributed by atoms with Crippen LogP contribution in [0.25, 0.3) is 0 Å². The molecule has 0 spiro atoms. The molecule has 0 unspecified atom stereocenters. The third kappa shape index (κ3) is 8.78. The van der Waals surface area contributed by atoms with E-state index in [1.54, 1.807) is 0 Å². The largest absolute Gasteiger partial charge is 0.356 e. The summed E-state index contributed by atoms with van der Waals surface area (Å²) < 4.78 is 1.95. The molecule has 2 aromatic rings. The van der Waals surface area contributed by atoms with Gasteiger partial charge in [-0.25, -0.2) is 0 Å². The van der Waals surface area contributed by atoms with Crippen molar-refractivity contribution in [3.8, 4) is 0 Å². The normalized spacial score (nSPS) is 15.5. The zero-order valence-corrected chi connectivity index (χ0v) is 21.3. The fourth-order valence-electron chi connectivity index (χ4n) is 3.85. The third-order valence-electron chi connectivity index (χ3n) is 5.79. The molecule has 1 aliphatic rings. The Morgan fingerprint density at radius 3 is 2.42 bits per heavy atom. The third-order valence-corrected chi connectivity index (χ3v) is 5.79. The molecule has 1 aliphatic heterocycles. The Morgan fingerprint density at radius 1 is 1.00 bits per heavy atom. The molecular formula is C23H38IN7. The van der Waals surface area contributed by atoms with Gasteiger partial charge in [-0.15, -0.1) is 24.0 Å². The van der Waals surface area contributed by atoms with Crippen LogP contribution in [0.5, 0.6) is 0 Å². The van der Waals surface area contributed by atoms with E-state index in [0.717, 1.165) is 32.0 Å². The topological polar surface area (TPSA) is 60.7 Å². The molecule has 0 radical (unpaired) electrons. The van der Waals surface area contributed by atoms with Gasteiger partial charge in [0, 0.05) is 58.7 Å². The van der Waals surface area contributed by atoms with Crippen LogP contribution in [0.1, 0.15) is 30.9 Å². The van der Waals surface area contributed by atoms with Gasteiger partial charge in [0.05, 0.1) is 6.54 Å². The van der Waals surface area contributed by atoms with Crippen LogP contribution >= 0.6 is 24.0 Å². The molecule has 3 rings (SSSR count). The molecule has 7 nitrogen and oxygen atoms in total. The summed E-state index contributed by atoms with van der Waals surface area (Å²) in [6, 6.07) is 10.4. The van der Waals surface area contributed by atoms with E-state index in [0.29, 0.717) is 0 Å². The first-order chi connectivity index (χ1) is 14.8. The molecule has 0 aliphatic carbocycles. The second kappa shape index (κ2) is 14.4. The van der Waals surface area contributed by atoms with E-state index < -0.39 is 0 Å². The number of halogens is 1. The highest BCUT2D eigenvalue weighted by Gasteiger charge is 2.14. The summed E-state index contributed by atoms with van der Waals surface area (Å²) in [5, 5.41) is 11.2. The van der Waals surface area contributed by atoms with E-state index in [-0.39, 0.29) is 24.0 Å². The van der Waals surface area contributed by atoms with Gasteiger partial charge in [-0.3, -0.25) is 9.67 Å². The zero-order chi connectivity index (χ0) is 21.0. The fourth-order valence-corrected chi connectivity index (χ4v) is 3.85.